The zero-order valence-corrected chi connectivity index (χ0v) is 17.2. The molecule has 2 N–H and O–H groups in total. The van der Waals surface area contributed by atoms with Crippen LogP contribution in [0.2, 0.25) is 10.0 Å². The van der Waals surface area contributed by atoms with Gasteiger partial charge in [0, 0.05) is 6.54 Å². The molecule has 0 unspecified atom stereocenters. The molecule has 3 atom stereocenters. The fraction of sp³-hybridized carbons (Fsp3) is 0.368. The van der Waals surface area contributed by atoms with Gasteiger partial charge in [-0.15, -0.1) is 0 Å². The van der Waals surface area contributed by atoms with Gasteiger partial charge >= 0.3 is 0 Å². The van der Waals surface area contributed by atoms with Gasteiger partial charge in [-0.2, -0.15) is 4.31 Å². The van der Waals surface area contributed by atoms with Crippen LogP contribution in [0, 0.1) is 0 Å². The van der Waals surface area contributed by atoms with Gasteiger partial charge in [0.2, 0.25) is 10.0 Å². The van der Waals surface area contributed by atoms with E-state index < -0.39 is 34.0 Å². The maximum absolute atomic E-state index is 12.7. The average Bonchev–Trinajstić information content (AvgIpc) is 2.65. The molecule has 0 spiro atoms. The van der Waals surface area contributed by atoms with Crippen LogP contribution < -0.4 is 0 Å². The Labute approximate surface area is 174 Å². The topological polar surface area (TPSA) is 87.1 Å². The van der Waals surface area contributed by atoms with Gasteiger partial charge in [0.25, 0.3) is 0 Å². The van der Waals surface area contributed by atoms with Crippen molar-refractivity contribution in [3.63, 3.8) is 0 Å². The molecular formula is C19H21Cl2NO5S. The van der Waals surface area contributed by atoms with Gasteiger partial charge in [-0.3, -0.25) is 0 Å². The van der Waals surface area contributed by atoms with Crippen molar-refractivity contribution in [2.75, 3.05) is 12.4 Å². The first-order valence-corrected chi connectivity index (χ1v) is 11.1. The number of aliphatic hydroxyl groups excluding tert-OH is 2. The summed E-state index contributed by atoms with van der Waals surface area (Å²) in [6.45, 7) is 0.191. The highest BCUT2D eigenvalue weighted by Gasteiger charge is 2.45. The molecule has 1 saturated heterocycles. The lowest BCUT2D eigenvalue weighted by Crippen LogP contribution is -2.60. The molecule has 9 heteroatoms. The lowest BCUT2D eigenvalue weighted by Gasteiger charge is -2.40. The van der Waals surface area contributed by atoms with E-state index in [-0.39, 0.29) is 19.8 Å². The molecule has 2 aromatic rings. The molecule has 1 fully saturated rings. The molecule has 0 aliphatic carbocycles. The summed E-state index contributed by atoms with van der Waals surface area (Å²) in [5.41, 5.74) is 1.54. The van der Waals surface area contributed by atoms with E-state index in [1.54, 1.807) is 18.2 Å². The Morgan fingerprint density at radius 3 is 2.43 bits per heavy atom. The molecule has 3 rings (SSSR count). The summed E-state index contributed by atoms with van der Waals surface area (Å²) in [5.74, 6) is -0.551. The number of benzene rings is 2. The predicted octanol–water partition coefficient (Wildman–Crippen LogP) is 2.45. The molecule has 1 aliphatic rings. The van der Waals surface area contributed by atoms with Crippen molar-refractivity contribution in [2.45, 2.75) is 31.4 Å². The van der Waals surface area contributed by atoms with E-state index in [2.05, 4.69) is 0 Å². The van der Waals surface area contributed by atoms with Crippen LogP contribution in [0.5, 0.6) is 0 Å². The number of nitrogens with zero attached hydrogens (tertiary/aromatic N) is 1. The molecule has 0 amide bonds. The summed E-state index contributed by atoms with van der Waals surface area (Å²) in [7, 11) is -3.80. The SMILES string of the molecule is O=S1(=O)C[C@@H](O)[C@@H](O)[C@H](COCc2ccccc2)N1Cc1ccc(Cl)c(Cl)c1. The minimum Gasteiger partial charge on any atom is -0.389 e. The number of hydrogen-bond donors (Lipinski definition) is 2. The fourth-order valence-corrected chi connectivity index (χ4v) is 5.22. The lowest BCUT2D eigenvalue weighted by atomic mass is 10.1. The number of ether oxygens (including phenoxy) is 1. The van der Waals surface area contributed by atoms with Crippen LogP contribution in [-0.4, -0.2) is 53.5 Å². The molecule has 28 heavy (non-hydrogen) atoms. The zero-order valence-electron chi connectivity index (χ0n) is 14.9. The van der Waals surface area contributed by atoms with Crippen LogP contribution in [0.1, 0.15) is 11.1 Å². The van der Waals surface area contributed by atoms with E-state index in [0.717, 1.165) is 9.87 Å². The van der Waals surface area contributed by atoms with Crippen LogP contribution in [0.25, 0.3) is 0 Å². The van der Waals surface area contributed by atoms with Crippen molar-refractivity contribution in [1.29, 1.82) is 0 Å². The molecule has 2 aromatic carbocycles. The third-order valence-electron chi connectivity index (χ3n) is 4.62. The van der Waals surface area contributed by atoms with Crippen LogP contribution in [-0.2, 0) is 27.9 Å². The normalized spacial score (nSPS) is 24.9. The Bertz CT molecular complexity index is 910. The Kier molecular flexibility index (Phi) is 6.98. The van der Waals surface area contributed by atoms with E-state index in [0.29, 0.717) is 15.6 Å². The fourth-order valence-electron chi connectivity index (χ4n) is 3.13. The number of rotatable bonds is 6. The highest BCUT2D eigenvalue weighted by Crippen LogP contribution is 2.28. The molecule has 0 radical (unpaired) electrons. The van der Waals surface area contributed by atoms with E-state index in [1.807, 2.05) is 30.3 Å². The van der Waals surface area contributed by atoms with Crippen molar-refractivity contribution in [3.8, 4) is 0 Å². The van der Waals surface area contributed by atoms with E-state index in [9.17, 15) is 18.6 Å². The second-order valence-corrected chi connectivity index (χ2v) is 9.48. The first-order chi connectivity index (χ1) is 13.3. The van der Waals surface area contributed by atoms with Crippen LogP contribution >= 0.6 is 23.2 Å². The number of sulfonamides is 1. The molecule has 0 saturated carbocycles. The zero-order chi connectivity index (χ0) is 20.3. The third kappa shape index (κ3) is 5.04. The summed E-state index contributed by atoms with van der Waals surface area (Å²) in [4.78, 5) is 0. The van der Waals surface area contributed by atoms with Crippen molar-refractivity contribution < 1.29 is 23.4 Å². The second-order valence-electron chi connectivity index (χ2n) is 6.70. The summed E-state index contributed by atoms with van der Waals surface area (Å²) in [6, 6.07) is 13.3. The lowest BCUT2D eigenvalue weighted by molar-refractivity contribution is -0.0530. The molecule has 1 heterocycles. The summed E-state index contributed by atoms with van der Waals surface area (Å²) >= 11 is 11.9. The van der Waals surface area contributed by atoms with Crippen molar-refractivity contribution >= 4 is 33.2 Å². The molecule has 152 valence electrons. The van der Waals surface area contributed by atoms with Gasteiger partial charge in [-0.1, -0.05) is 59.6 Å². The average molecular weight is 446 g/mol. The number of aliphatic hydroxyl groups is 2. The summed E-state index contributed by atoms with van der Waals surface area (Å²) in [6.07, 6.45) is -2.64. The molecular weight excluding hydrogens is 425 g/mol. The Balaban J connectivity index is 1.78. The van der Waals surface area contributed by atoms with Gasteiger partial charge in [0.1, 0.15) is 0 Å². The van der Waals surface area contributed by atoms with Crippen LogP contribution in [0.15, 0.2) is 48.5 Å². The summed E-state index contributed by atoms with van der Waals surface area (Å²) in [5, 5.41) is 21.1. The highest BCUT2D eigenvalue weighted by atomic mass is 35.5. The summed E-state index contributed by atoms with van der Waals surface area (Å²) < 4.78 is 32.2. The van der Waals surface area contributed by atoms with Crippen molar-refractivity contribution in [2.24, 2.45) is 0 Å². The number of halogens is 2. The first-order valence-electron chi connectivity index (χ1n) is 8.69. The van der Waals surface area contributed by atoms with Crippen molar-refractivity contribution in [3.05, 3.63) is 69.7 Å². The Morgan fingerprint density at radius 1 is 1.04 bits per heavy atom. The van der Waals surface area contributed by atoms with Gasteiger partial charge < -0.3 is 14.9 Å². The quantitative estimate of drug-likeness (QED) is 0.712. The first kappa shape index (κ1) is 21.5. The standard InChI is InChI=1S/C19H21Cl2NO5S/c20-15-7-6-14(8-16(15)21)9-22-17(19(24)18(23)12-28(22,25)26)11-27-10-13-4-2-1-3-5-13/h1-8,17-19,23-24H,9-12H2/t17-,18+,19-/m0/s1. The largest absolute Gasteiger partial charge is 0.389 e. The molecule has 0 aromatic heterocycles. The van der Waals surface area contributed by atoms with E-state index in [1.165, 1.54) is 0 Å². The van der Waals surface area contributed by atoms with Crippen LogP contribution in [0.4, 0.5) is 0 Å². The predicted molar refractivity (Wildman–Crippen MR) is 108 cm³/mol. The van der Waals surface area contributed by atoms with E-state index in [4.69, 9.17) is 27.9 Å². The Morgan fingerprint density at radius 2 is 1.75 bits per heavy atom. The van der Waals surface area contributed by atoms with Gasteiger partial charge in [-0.25, -0.2) is 8.42 Å². The smallest absolute Gasteiger partial charge is 0.217 e. The molecule has 6 nitrogen and oxygen atoms in total. The number of hydrogen-bond acceptors (Lipinski definition) is 5. The van der Waals surface area contributed by atoms with Gasteiger partial charge in [0.05, 0.1) is 47.3 Å². The van der Waals surface area contributed by atoms with Crippen molar-refractivity contribution in [1.82, 2.24) is 4.31 Å². The third-order valence-corrected chi connectivity index (χ3v) is 7.24. The molecule has 1 aliphatic heterocycles. The Hall–Kier alpha value is -1.19. The van der Waals surface area contributed by atoms with E-state index >= 15 is 0 Å². The second kappa shape index (κ2) is 9.09. The van der Waals surface area contributed by atoms with Gasteiger partial charge in [-0.05, 0) is 23.3 Å². The minimum absolute atomic E-state index is 0.0115. The molecule has 0 bridgehead atoms. The highest BCUT2D eigenvalue weighted by molar-refractivity contribution is 7.89. The maximum atomic E-state index is 12.7. The van der Waals surface area contributed by atoms with Gasteiger partial charge in [0.15, 0.2) is 0 Å². The van der Waals surface area contributed by atoms with Crippen LogP contribution in [0.3, 0.4) is 0 Å². The minimum atomic E-state index is -3.80. The maximum Gasteiger partial charge on any atom is 0.217 e. The monoisotopic (exact) mass is 445 g/mol.